The Morgan fingerprint density at radius 3 is 2.31 bits per heavy atom. The van der Waals surface area contributed by atoms with E-state index in [0.717, 1.165) is 44.5 Å². The third-order valence-corrected chi connectivity index (χ3v) is 7.53. The molecule has 1 heterocycles. The molecular weight excluding hydrogens is 464 g/mol. The lowest BCUT2D eigenvalue weighted by Gasteiger charge is -2.13. The number of ether oxygens (including phenoxy) is 1. The second-order valence-electron chi connectivity index (χ2n) is 9.60. The fourth-order valence-corrected chi connectivity index (χ4v) is 5.43. The summed E-state index contributed by atoms with van der Waals surface area (Å²) in [5, 5.41) is 11.3. The molecule has 0 saturated heterocycles. The zero-order chi connectivity index (χ0) is 25.3. The number of hydrogen-bond acceptors (Lipinski definition) is 4. The molecule has 0 aliphatic heterocycles. The Bertz CT molecular complexity index is 1230. The Morgan fingerprint density at radius 2 is 1.56 bits per heavy atom. The van der Waals surface area contributed by atoms with Crippen LogP contribution in [-0.4, -0.2) is 48.4 Å². The maximum Gasteiger partial charge on any atom is 0.116 e. The van der Waals surface area contributed by atoms with Gasteiger partial charge in [0.15, 0.2) is 0 Å². The van der Waals surface area contributed by atoms with E-state index in [1.165, 1.54) is 45.0 Å². The minimum absolute atomic E-state index is 0.318. The number of likely N-dealkylation sites (N-methyl/N-ethyl adjacent to an activating group) is 1. The number of rotatable bonds is 13. The van der Waals surface area contributed by atoms with E-state index in [4.69, 9.17) is 4.74 Å². The number of hydrogen-bond donors (Lipinski definition) is 1. The number of benzene rings is 3. The molecule has 0 unspecified atom stereocenters. The fraction of sp³-hybridized carbons (Fsp3) is 0.355. The number of fused-ring (bicyclic) bond motifs is 1. The molecule has 36 heavy (non-hydrogen) atoms. The molecule has 4 nitrogen and oxygen atoms in total. The van der Waals surface area contributed by atoms with Gasteiger partial charge >= 0.3 is 0 Å². The average molecular weight is 503 g/mol. The van der Waals surface area contributed by atoms with Gasteiger partial charge in [-0.15, -0.1) is 0 Å². The van der Waals surface area contributed by atoms with Crippen LogP contribution in [0.1, 0.15) is 31.2 Å². The normalized spacial score (nSPS) is 11.6. The van der Waals surface area contributed by atoms with Gasteiger partial charge < -0.3 is 19.3 Å². The minimum atomic E-state index is 0.318. The Kier molecular flexibility index (Phi) is 9.51. The zero-order valence-corrected chi connectivity index (χ0v) is 22.6. The van der Waals surface area contributed by atoms with E-state index < -0.39 is 0 Å². The Morgan fingerprint density at radius 1 is 0.833 bits per heavy atom. The van der Waals surface area contributed by atoms with E-state index in [-0.39, 0.29) is 0 Å². The highest BCUT2D eigenvalue weighted by Gasteiger charge is 2.16. The first-order valence-electron chi connectivity index (χ1n) is 12.9. The van der Waals surface area contributed by atoms with Gasteiger partial charge in [-0.05, 0) is 87.5 Å². The van der Waals surface area contributed by atoms with E-state index in [2.05, 4.69) is 85.1 Å². The van der Waals surface area contributed by atoms with Crippen molar-refractivity contribution in [1.29, 1.82) is 0 Å². The summed E-state index contributed by atoms with van der Waals surface area (Å²) in [5.41, 5.74) is 4.88. The van der Waals surface area contributed by atoms with Crippen LogP contribution in [0.2, 0.25) is 0 Å². The van der Waals surface area contributed by atoms with Gasteiger partial charge in [-0.3, -0.25) is 0 Å². The summed E-state index contributed by atoms with van der Waals surface area (Å²) in [6.45, 7) is 5.76. The molecular formula is C31H38N2O2S. The van der Waals surface area contributed by atoms with Crippen molar-refractivity contribution in [3.8, 4) is 17.0 Å². The van der Waals surface area contributed by atoms with Crippen molar-refractivity contribution in [2.24, 2.45) is 0 Å². The fourth-order valence-electron chi connectivity index (χ4n) is 4.60. The second kappa shape index (κ2) is 13.0. The largest absolute Gasteiger partial charge is 0.508 e. The quantitative estimate of drug-likeness (QED) is 0.191. The number of phenolic OH excluding ortho intramolecular Hbond substituents is 1. The monoisotopic (exact) mass is 502 g/mol. The summed E-state index contributed by atoms with van der Waals surface area (Å²) in [7, 11) is 4.15. The van der Waals surface area contributed by atoms with Crippen molar-refractivity contribution < 1.29 is 9.84 Å². The molecule has 0 fully saturated rings. The van der Waals surface area contributed by atoms with Crippen LogP contribution in [0.15, 0.2) is 82.6 Å². The van der Waals surface area contributed by atoms with Crippen LogP contribution in [-0.2, 0) is 11.3 Å². The lowest BCUT2D eigenvalue weighted by molar-refractivity contribution is 0.114. The van der Waals surface area contributed by atoms with Crippen molar-refractivity contribution in [3.63, 3.8) is 0 Å². The molecule has 0 aliphatic carbocycles. The molecule has 190 valence electrons. The summed E-state index contributed by atoms with van der Waals surface area (Å²) in [6.07, 6.45) is 4.60. The van der Waals surface area contributed by atoms with Crippen LogP contribution in [0.4, 0.5) is 0 Å². The number of phenols is 1. The number of aromatic hydroxyl groups is 1. The predicted octanol–water partition coefficient (Wildman–Crippen LogP) is 7.61. The number of aromatic nitrogens is 1. The highest BCUT2D eigenvalue weighted by atomic mass is 32.2. The van der Waals surface area contributed by atoms with Crippen LogP contribution in [0, 0.1) is 6.92 Å². The summed E-state index contributed by atoms with van der Waals surface area (Å²) in [5.74, 6) is 0.318. The molecule has 4 aromatic rings. The molecule has 0 bridgehead atoms. The van der Waals surface area contributed by atoms with Gasteiger partial charge in [0.2, 0.25) is 0 Å². The molecule has 1 aromatic heterocycles. The summed E-state index contributed by atoms with van der Waals surface area (Å²) in [4.78, 5) is 4.63. The van der Waals surface area contributed by atoms with E-state index in [1.54, 1.807) is 17.8 Å². The molecule has 1 N–H and O–H groups in total. The minimum Gasteiger partial charge on any atom is -0.508 e. The van der Waals surface area contributed by atoms with Gasteiger partial charge in [0, 0.05) is 40.4 Å². The van der Waals surface area contributed by atoms with Gasteiger partial charge in [0.05, 0.1) is 12.3 Å². The molecule has 4 rings (SSSR count). The Labute approximate surface area is 219 Å². The first-order valence-corrected chi connectivity index (χ1v) is 13.7. The predicted molar refractivity (Wildman–Crippen MR) is 152 cm³/mol. The standard InChI is InChI=1S/C31H38N2O2S/c1-24-29-23-26(34)15-18-30(29)33(19-9-4-5-10-21-35-22-20-32(2)3)31(24)25-13-16-28(17-14-25)36-27-11-7-6-8-12-27/h6-8,11-18,23,34H,4-5,9-10,19-22H2,1-3H3. The average Bonchev–Trinajstić information content (AvgIpc) is 3.14. The third kappa shape index (κ3) is 6.94. The number of nitrogens with zero attached hydrogens (tertiary/aromatic N) is 2. The van der Waals surface area contributed by atoms with Crippen molar-refractivity contribution in [2.75, 3.05) is 33.9 Å². The van der Waals surface area contributed by atoms with Crippen LogP contribution >= 0.6 is 11.8 Å². The highest BCUT2D eigenvalue weighted by molar-refractivity contribution is 7.99. The Hall–Kier alpha value is -2.73. The van der Waals surface area contributed by atoms with Crippen molar-refractivity contribution >= 4 is 22.7 Å². The maximum atomic E-state index is 10.1. The molecule has 5 heteroatoms. The lowest BCUT2D eigenvalue weighted by Crippen LogP contribution is -2.18. The molecule has 0 spiro atoms. The molecule has 3 aromatic carbocycles. The molecule has 0 amide bonds. The Balaban J connectivity index is 1.44. The number of aryl methyl sites for hydroxylation is 2. The van der Waals surface area contributed by atoms with Crippen LogP contribution in [0.3, 0.4) is 0 Å². The van der Waals surface area contributed by atoms with Crippen molar-refractivity contribution in [3.05, 3.63) is 78.4 Å². The van der Waals surface area contributed by atoms with Crippen molar-refractivity contribution in [2.45, 2.75) is 48.9 Å². The maximum absolute atomic E-state index is 10.1. The topological polar surface area (TPSA) is 37.6 Å². The van der Waals surface area contributed by atoms with Gasteiger partial charge in [0.25, 0.3) is 0 Å². The van der Waals surface area contributed by atoms with Crippen molar-refractivity contribution in [1.82, 2.24) is 9.47 Å². The van der Waals surface area contributed by atoms with Gasteiger partial charge in [0.1, 0.15) is 5.75 Å². The molecule has 0 saturated carbocycles. The van der Waals surface area contributed by atoms with E-state index >= 15 is 0 Å². The SMILES string of the molecule is Cc1c(-c2ccc(Sc3ccccc3)cc2)n(CCCCCCOCCN(C)C)c2ccc(O)cc12. The van der Waals surface area contributed by atoms with E-state index in [0.29, 0.717) is 5.75 Å². The second-order valence-corrected chi connectivity index (χ2v) is 10.7. The van der Waals surface area contributed by atoms with Crippen LogP contribution in [0.25, 0.3) is 22.2 Å². The van der Waals surface area contributed by atoms with Gasteiger partial charge in [-0.1, -0.05) is 54.9 Å². The van der Waals surface area contributed by atoms with E-state index in [1.807, 2.05) is 12.1 Å². The summed E-state index contributed by atoms with van der Waals surface area (Å²) in [6, 6.07) is 25.1. The smallest absolute Gasteiger partial charge is 0.116 e. The van der Waals surface area contributed by atoms with E-state index in [9.17, 15) is 5.11 Å². The third-order valence-electron chi connectivity index (χ3n) is 6.51. The first kappa shape index (κ1) is 26.3. The molecule has 0 aliphatic rings. The summed E-state index contributed by atoms with van der Waals surface area (Å²) >= 11 is 1.78. The van der Waals surface area contributed by atoms with Crippen LogP contribution in [0.5, 0.6) is 5.75 Å². The van der Waals surface area contributed by atoms with Gasteiger partial charge in [-0.25, -0.2) is 0 Å². The highest BCUT2D eigenvalue weighted by Crippen LogP contribution is 2.37. The number of unbranched alkanes of at least 4 members (excludes halogenated alkanes) is 3. The van der Waals surface area contributed by atoms with Gasteiger partial charge in [-0.2, -0.15) is 0 Å². The lowest BCUT2D eigenvalue weighted by atomic mass is 10.1. The zero-order valence-electron chi connectivity index (χ0n) is 21.7. The first-order chi connectivity index (χ1) is 17.5. The van der Waals surface area contributed by atoms with Crippen LogP contribution < -0.4 is 0 Å². The molecule has 0 atom stereocenters. The summed E-state index contributed by atoms with van der Waals surface area (Å²) < 4.78 is 8.17. The molecule has 0 radical (unpaired) electrons.